The lowest BCUT2D eigenvalue weighted by molar-refractivity contribution is -0.159. The van der Waals surface area contributed by atoms with Gasteiger partial charge in [-0.3, -0.25) is 9.69 Å². The Hall–Kier alpha value is -1.54. The zero-order valence-corrected chi connectivity index (χ0v) is 15.0. The van der Waals surface area contributed by atoms with Crippen molar-refractivity contribution < 1.29 is 27.1 Å². The highest BCUT2D eigenvalue weighted by molar-refractivity contribution is 5.76. The number of likely N-dealkylation sites (tertiary alicyclic amines) is 1. The molecule has 146 valence electrons. The fraction of sp³-hybridized carbons (Fsp3) is 0.722. The summed E-state index contributed by atoms with van der Waals surface area (Å²) >= 11 is 0. The second-order valence-corrected chi connectivity index (χ2v) is 7.25. The predicted octanol–water partition coefficient (Wildman–Crippen LogP) is 3.12. The van der Waals surface area contributed by atoms with Gasteiger partial charge in [0.25, 0.3) is 0 Å². The summed E-state index contributed by atoms with van der Waals surface area (Å²) < 4.78 is 48.5. The number of halogens is 3. The maximum absolute atomic E-state index is 12.3. The molecule has 26 heavy (non-hydrogen) atoms. The first kappa shape index (κ1) is 19.2. The summed E-state index contributed by atoms with van der Waals surface area (Å²) in [6.07, 6.45) is -4.51. The van der Waals surface area contributed by atoms with Gasteiger partial charge in [-0.05, 0) is 31.9 Å². The van der Waals surface area contributed by atoms with Gasteiger partial charge in [-0.2, -0.15) is 13.2 Å². The maximum Gasteiger partial charge on any atom is 0.389 e. The number of ether oxygens (including phenoxy) is 1. The van der Waals surface area contributed by atoms with E-state index in [1.807, 2.05) is 19.1 Å². The molecule has 0 aliphatic carbocycles. The van der Waals surface area contributed by atoms with E-state index in [0.29, 0.717) is 39.1 Å². The summed E-state index contributed by atoms with van der Waals surface area (Å²) in [5.41, 5.74) is -0.319. The molecule has 1 aromatic rings. The zero-order chi connectivity index (χ0) is 18.8. The van der Waals surface area contributed by atoms with Crippen LogP contribution < -0.4 is 0 Å². The second kappa shape index (κ2) is 7.60. The predicted molar refractivity (Wildman–Crippen MR) is 88.5 cm³/mol. The van der Waals surface area contributed by atoms with Crippen LogP contribution in [-0.2, 0) is 16.1 Å². The topological polar surface area (TPSA) is 45.9 Å². The quantitative estimate of drug-likeness (QED) is 0.812. The van der Waals surface area contributed by atoms with Crippen LogP contribution in [0.2, 0.25) is 0 Å². The molecule has 3 heterocycles. The number of hydrogen-bond donors (Lipinski definition) is 0. The fourth-order valence-electron chi connectivity index (χ4n) is 3.72. The molecule has 5 nitrogen and oxygen atoms in total. The van der Waals surface area contributed by atoms with E-state index < -0.39 is 24.9 Å². The molecule has 1 aromatic heterocycles. The minimum Gasteiger partial charge on any atom is -0.465 e. The van der Waals surface area contributed by atoms with Crippen LogP contribution in [0.15, 0.2) is 16.5 Å². The highest BCUT2D eigenvalue weighted by atomic mass is 19.4. The van der Waals surface area contributed by atoms with E-state index >= 15 is 0 Å². The highest BCUT2D eigenvalue weighted by Gasteiger charge is 2.41. The van der Waals surface area contributed by atoms with Crippen LogP contribution in [0.1, 0.15) is 37.2 Å². The molecule has 0 unspecified atom stereocenters. The minimum atomic E-state index is -4.29. The lowest BCUT2D eigenvalue weighted by atomic mass is 9.89. The van der Waals surface area contributed by atoms with Gasteiger partial charge >= 0.3 is 6.18 Å². The third-order valence-electron chi connectivity index (χ3n) is 5.15. The summed E-state index contributed by atoms with van der Waals surface area (Å²) in [5, 5.41) is 0. The molecule has 3 rings (SSSR count). The molecule has 1 spiro atoms. The average molecular weight is 374 g/mol. The van der Waals surface area contributed by atoms with Crippen LogP contribution in [0.4, 0.5) is 13.2 Å². The van der Waals surface area contributed by atoms with Crippen molar-refractivity contribution in [3.05, 3.63) is 23.7 Å². The van der Waals surface area contributed by atoms with Crippen LogP contribution in [0.25, 0.3) is 0 Å². The molecule has 2 fully saturated rings. The van der Waals surface area contributed by atoms with Crippen LogP contribution in [0.5, 0.6) is 0 Å². The summed E-state index contributed by atoms with van der Waals surface area (Å²) in [6, 6.07) is 3.91. The summed E-state index contributed by atoms with van der Waals surface area (Å²) in [6.45, 7) is 5.70. The monoisotopic (exact) mass is 374 g/mol. The van der Waals surface area contributed by atoms with Gasteiger partial charge < -0.3 is 14.1 Å². The van der Waals surface area contributed by atoms with E-state index in [1.54, 1.807) is 0 Å². The van der Waals surface area contributed by atoms with Crippen molar-refractivity contribution in [1.29, 1.82) is 0 Å². The lowest BCUT2D eigenvalue weighted by Crippen LogP contribution is -2.57. The Kier molecular flexibility index (Phi) is 5.62. The molecule has 2 aliphatic heterocycles. The molecular weight excluding hydrogens is 349 g/mol. The molecule has 0 aromatic carbocycles. The normalized spacial score (nSPS) is 21.3. The first-order chi connectivity index (χ1) is 12.2. The number of nitrogens with zero attached hydrogens (tertiary/aromatic N) is 2. The molecule has 0 atom stereocenters. The average Bonchev–Trinajstić information content (AvgIpc) is 2.98. The largest absolute Gasteiger partial charge is 0.465 e. The minimum absolute atomic E-state index is 0.319. The zero-order valence-electron chi connectivity index (χ0n) is 15.0. The van der Waals surface area contributed by atoms with Gasteiger partial charge in [0.2, 0.25) is 5.91 Å². The van der Waals surface area contributed by atoms with Gasteiger partial charge in [-0.15, -0.1) is 0 Å². The molecule has 2 aliphatic rings. The number of aryl methyl sites for hydroxylation is 1. The number of hydrogen-bond acceptors (Lipinski definition) is 4. The number of alkyl halides is 3. The van der Waals surface area contributed by atoms with E-state index in [0.717, 1.165) is 24.6 Å². The van der Waals surface area contributed by atoms with Gasteiger partial charge in [0.05, 0.1) is 25.2 Å². The number of carbonyl (C=O) groups excluding carboxylic acids is 1. The summed E-state index contributed by atoms with van der Waals surface area (Å²) in [7, 11) is 0. The molecular formula is C18H25F3N2O3. The van der Waals surface area contributed by atoms with Crippen LogP contribution >= 0.6 is 0 Å². The lowest BCUT2D eigenvalue weighted by Gasteiger charge is -2.47. The van der Waals surface area contributed by atoms with E-state index in [4.69, 9.17) is 9.15 Å². The van der Waals surface area contributed by atoms with Gasteiger partial charge in [0, 0.05) is 32.6 Å². The van der Waals surface area contributed by atoms with Gasteiger partial charge in [0.1, 0.15) is 11.5 Å². The third kappa shape index (κ3) is 5.01. The van der Waals surface area contributed by atoms with E-state index in [1.165, 1.54) is 4.90 Å². The third-order valence-corrected chi connectivity index (χ3v) is 5.15. The van der Waals surface area contributed by atoms with Crippen molar-refractivity contribution in [2.45, 2.75) is 50.9 Å². The molecule has 2 saturated heterocycles. The standard InChI is InChI=1S/C18H25F3N2O3/c1-14-2-3-15(26-14)12-22-10-11-25-17(13-22)6-8-23(9-7-17)16(24)4-5-18(19,20)21/h2-3H,4-13H2,1H3. The van der Waals surface area contributed by atoms with Crippen molar-refractivity contribution in [3.63, 3.8) is 0 Å². The molecule has 0 saturated carbocycles. The first-order valence-electron chi connectivity index (χ1n) is 9.01. The number of amides is 1. The van der Waals surface area contributed by atoms with Gasteiger partial charge in [-0.25, -0.2) is 0 Å². The smallest absolute Gasteiger partial charge is 0.389 e. The van der Waals surface area contributed by atoms with Crippen molar-refractivity contribution in [1.82, 2.24) is 9.80 Å². The molecule has 1 amide bonds. The summed E-state index contributed by atoms with van der Waals surface area (Å²) in [5.74, 6) is 1.38. The van der Waals surface area contributed by atoms with Crippen LogP contribution in [-0.4, -0.2) is 60.3 Å². The number of carbonyl (C=O) groups is 1. The van der Waals surface area contributed by atoms with Crippen LogP contribution in [0.3, 0.4) is 0 Å². The second-order valence-electron chi connectivity index (χ2n) is 7.25. The number of morpholine rings is 1. The number of rotatable bonds is 4. The number of piperidine rings is 1. The van der Waals surface area contributed by atoms with Gasteiger partial charge in [0.15, 0.2) is 0 Å². The SMILES string of the molecule is Cc1ccc(CN2CCOC3(CCN(C(=O)CCC(F)(F)F)CC3)C2)o1. The Balaban J connectivity index is 1.50. The van der Waals surface area contributed by atoms with Crippen molar-refractivity contribution in [2.24, 2.45) is 0 Å². The summed E-state index contributed by atoms with van der Waals surface area (Å²) in [4.78, 5) is 15.8. The first-order valence-corrected chi connectivity index (χ1v) is 9.01. The Morgan fingerprint density at radius 3 is 2.58 bits per heavy atom. The van der Waals surface area contributed by atoms with Crippen molar-refractivity contribution >= 4 is 5.91 Å². The number of furan rings is 1. The Bertz CT molecular complexity index is 621. The van der Waals surface area contributed by atoms with E-state index in [-0.39, 0.29) is 5.60 Å². The molecule has 0 radical (unpaired) electrons. The van der Waals surface area contributed by atoms with Crippen molar-refractivity contribution in [3.8, 4) is 0 Å². The van der Waals surface area contributed by atoms with Crippen LogP contribution in [0, 0.1) is 6.92 Å². The molecule has 8 heteroatoms. The van der Waals surface area contributed by atoms with E-state index in [2.05, 4.69) is 4.90 Å². The van der Waals surface area contributed by atoms with Crippen molar-refractivity contribution in [2.75, 3.05) is 32.8 Å². The highest BCUT2D eigenvalue weighted by Crippen LogP contribution is 2.31. The van der Waals surface area contributed by atoms with Gasteiger partial charge in [-0.1, -0.05) is 0 Å². The Morgan fingerprint density at radius 1 is 1.23 bits per heavy atom. The van der Waals surface area contributed by atoms with E-state index in [9.17, 15) is 18.0 Å². The maximum atomic E-state index is 12.3. The molecule has 0 N–H and O–H groups in total. The fourth-order valence-corrected chi connectivity index (χ4v) is 3.72. The Labute approximate surface area is 151 Å². The Morgan fingerprint density at radius 2 is 1.96 bits per heavy atom. The molecule has 0 bridgehead atoms.